The summed E-state index contributed by atoms with van der Waals surface area (Å²) in [4.78, 5) is 15.0. The van der Waals surface area contributed by atoms with Gasteiger partial charge in [0.2, 0.25) is 0 Å². The zero-order valence-corrected chi connectivity index (χ0v) is 11.4. The van der Waals surface area contributed by atoms with Crippen LogP contribution in [-0.2, 0) is 0 Å². The minimum Gasteiger partial charge on any atom is -0.381 e. The van der Waals surface area contributed by atoms with Crippen LogP contribution in [0.5, 0.6) is 0 Å². The molecule has 0 spiro atoms. The molecule has 1 saturated carbocycles. The number of rotatable bonds is 5. The normalized spacial score (nSPS) is 16.1. The second kappa shape index (κ2) is 5.07. The van der Waals surface area contributed by atoms with Gasteiger partial charge in [0, 0.05) is 18.3 Å². The van der Waals surface area contributed by atoms with E-state index in [9.17, 15) is 10.1 Å². The second-order valence-corrected chi connectivity index (χ2v) is 5.51. The quantitative estimate of drug-likeness (QED) is 0.664. The van der Waals surface area contributed by atoms with E-state index in [-0.39, 0.29) is 10.6 Å². The predicted octanol–water partition coefficient (Wildman–Crippen LogP) is 3.74. The fourth-order valence-corrected chi connectivity index (χ4v) is 2.61. The first-order valence-electron chi connectivity index (χ1n) is 6.94. The third-order valence-electron chi connectivity index (χ3n) is 3.73. The molecule has 2 aromatic rings. The summed E-state index contributed by atoms with van der Waals surface area (Å²) in [5.41, 5.74) is 1.65. The molecular weight excluding hydrogens is 254 g/mol. The molecule has 1 aliphatic carbocycles. The highest BCUT2D eigenvalue weighted by atomic mass is 16.6. The van der Waals surface area contributed by atoms with Crippen molar-refractivity contribution < 1.29 is 4.92 Å². The van der Waals surface area contributed by atoms with Crippen LogP contribution in [0.15, 0.2) is 30.5 Å². The number of nitrogens with zero attached hydrogens (tertiary/aromatic N) is 2. The molecule has 3 rings (SSSR count). The Labute approximate surface area is 117 Å². The Morgan fingerprint density at radius 3 is 2.95 bits per heavy atom. The lowest BCUT2D eigenvalue weighted by atomic mass is 10.1. The lowest BCUT2D eigenvalue weighted by Crippen LogP contribution is -2.16. The number of fused-ring (bicyclic) bond motifs is 1. The summed E-state index contributed by atoms with van der Waals surface area (Å²) in [7, 11) is 0. The average Bonchev–Trinajstić information content (AvgIpc) is 3.22. The zero-order chi connectivity index (χ0) is 14.1. The van der Waals surface area contributed by atoms with Crippen molar-refractivity contribution in [2.75, 3.05) is 5.32 Å². The Morgan fingerprint density at radius 1 is 1.45 bits per heavy atom. The number of aromatic nitrogens is 1. The fourth-order valence-electron chi connectivity index (χ4n) is 2.61. The number of non-ortho nitro benzene ring substituents is 1. The van der Waals surface area contributed by atoms with E-state index in [1.54, 1.807) is 30.5 Å². The van der Waals surface area contributed by atoms with Crippen molar-refractivity contribution >= 4 is 22.3 Å². The number of hydrogen-bond donors (Lipinski definition) is 1. The number of pyridine rings is 1. The monoisotopic (exact) mass is 271 g/mol. The van der Waals surface area contributed by atoms with Crippen molar-refractivity contribution in [3.8, 4) is 0 Å². The van der Waals surface area contributed by atoms with E-state index in [1.165, 1.54) is 12.8 Å². The molecule has 0 aliphatic heterocycles. The molecule has 0 amide bonds. The molecule has 1 heterocycles. The van der Waals surface area contributed by atoms with Gasteiger partial charge in [-0.1, -0.05) is 12.8 Å². The Kier molecular flexibility index (Phi) is 3.26. The van der Waals surface area contributed by atoms with E-state index in [1.807, 2.05) is 0 Å². The minimum atomic E-state index is -0.360. The maximum Gasteiger partial charge on any atom is 0.278 e. The molecule has 1 aliphatic rings. The molecule has 1 atom stereocenters. The van der Waals surface area contributed by atoms with Crippen molar-refractivity contribution in [2.45, 2.75) is 32.2 Å². The molecule has 0 bridgehead atoms. The van der Waals surface area contributed by atoms with Gasteiger partial charge in [0.15, 0.2) is 0 Å². The van der Waals surface area contributed by atoms with Crippen LogP contribution in [0.1, 0.15) is 26.2 Å². The van der Waals surface area contributed by atoms with Crippen LogP contribution in [0.25, 0.3) is 10.9 Å². The number of nitro groups is 1. The average molecular weight is 271 g/mol. The predicted molar refractivity (Wildman–Crippen MR) is 78.8 cm³/mol. The maximum atomic E-state index is 11.1. The third kappa shape index (κ3) is 2.57. The van der Waals surface area contributed by atoms with Crippen LogP contribution in [0.3, 0.4) is 0 Å². The first-order valence-corrected chi connectivity index (χ1v) is 6.94. The van der Waals surface area contributed by atoms with E-state index in [2.05, 4.69) is 17.2 Å². The summed E-state index contributed by atoms with van der Waals surface area (Å²) >= 11 is 0. The minimum absolute atomic E-state index is 0.105. The molecule has 1 aromatic heterocycles. The van der Waals surface area contributed by atoms with Gasteiger partial charge in [-0.05, 0) is 37.5 Å². The summed E-state index contributed by atoms with van der Waals surface area (Å²) in [6.07, 6.45) is 5.46. The summed E-state index contributed by atoms with van der Waals surface area (Å²) in [5, 5.41) is 15.1. The highest BCUT2D eigenvalue weighted by Crippen LogP contribution is 2.35. The van der Waals surface area contributed by atoms with Crippen LogP contribution in [0.2, 0.25) is 0 Å². The Hall–Kier alpha value is -2.17. The Morgan fingerprint density at radius 2 is 2.25 bits per heavy atom. The molecule has 20 heavy (non-hydrogen) atoms. The zero-order valence-electron chi connectivity index (χ0n) is 11.4. The molecule has 0 radical (unpaired) electrons. The van der Waals surface area contributed by atoms with Crippen LogP contribution in [0, 0.1) is 16.0 Å². The topological polar surface area (TPSA) is 68.1 Å². The Balaban J connectivity index is 1.94. The van der Waals surface area contributed by atoms with Crippen molar-refractivity contribution in [2.24, 2.45) is 5.92 Å². The van der Waals surface area contributed by atoms with Crippen molar-refractivity contribution in [1.29, 1.82) is 0 Å². The molecule has 1 fully saturated rings. The van der Waals surface area contributed by atoms with Crippen LogP contribution in [0.4, 0.5) is 11.4 Å². The summed E-state index contributed by atoms with van der Waals surface area (Å²) < 4.78 is 0. The molecule has 5 heteroatoms. The fraction of sp³-hybridized carbons (Fsp3) is 0.400. The van der Waals surface area contributed by atoms with E-state index in [0.29, 0.717) is 16.9 Å². The standard InChI is InChI=1S/C15H17N3O2/c1-10(9-11-4-5-11)17-13-6-7-14(18(19)20)12-3-2-8-16-15(12)13/h2-3,6-8,10-11,17H,4-5,9H2,1H3. The van der Waals surface area contributed by atoms with Gasteiger partial charge in [0.05, 0.1) is 16.0 Å². The van der Waals surface area contributed by atoms with Crippen molar-refractivity contribution in [1.82, 2.24) is 4.98 Å². The maximum absolute atomic E-state index is 11.1. The highest BCUT2D eigenvalue weighted by Gasteiger charge is 2.24. The van der Waals surface area contributed by atoms with Crippen LogP contribution >= 0.6 is 0 Å². The Bertz CT molecular complexity index is 653. The van der Waals surface area contributed by atoms with E-state index < -0.39 is 0 Å². The van der Waals surface area contributed by atoms with Gasteiger partial charge in [-0.2, -0.15) is 0 Å². The number of benzene rings is 1. The smallest absolute Gasteiger partial charge is 0.278 e. The first-order chi connectivity index (χ1) is 9.65. The van der Waals surface area contributed by atoms with Crippen LogP contribution in [-0.4, -0.2) is 15.9 Å². The molecule has 1 unspecified atom stereocenters. The van der Waals surface area contributed by atoms with Crippen molar-refractivity contribution in [3.05, 3.63) is 40.6 Å². The van der Waals surface area contributed by atoms with Crippen molar-refractivity contribution in [3.63, 3.8) is 0 Å². The largest absolute Gasteiger partial charge is 0.381 e. The lowest BCUT2D eigenvalue weighted by molar-refractivity contribution is -0.383. The van der Waals surface area contributed by atoms with Gasteiger partial charge in [0.1, 0.15) is 5.52 Å². The number of anilines is 1. The summed E-state index contributed by atoms with van der Waals surface area (Å²) in [6, 6.07) is 7.14. The molecule has 1 aromatic carbocycles. The highest BCUT2D eigenvalue weighted by molar-refractivity contribution is 5.96. The van der Waals surface area contributed by atoms with E-state index in [4.69, 9.17) is 0 Å². The van der Waals surface area contributed by atoms with Gasteiger partial charge in [-0.15, -0.1) is 0 Å². The SMILES string of the molecule is CC(CC1CC1)Nc1ccc([N+](=O)[O-])c2cccnc12. The molecule has 1 N–H and O–H groups in total. The lowest BCUT2D eigenvalue weighted by Gasteiger charge is -2.16. The number of nitro benzene ring substituents is 1. The van der Waals surface area contributed by atoms with Crippen LogP contribution < -0.4 is 5.32 Å². The van der Waals surface area contributed by atoms with Gasteiger partial charge in [-0.3, -0.25) is 15.1 Å². The molecule has 0 saturated heterocycles. The number of hydrogen-bond acceptors (Lipinski definition) is 4. The van der Waals surface area contributed by atoms with Gasteiger partial charge < -0.3 is 5.32 Å². The second-order valence-electron chi connectivity index (χ2n) is 5.51. The molecule has 5 nitrogen and oxygen atoms in total. The molecular formula is C15H17N3O2. The van der Waals surface area contributed by atoms with Gasteiger partial charge >= 0.3 is 0 Å². The van der Waals surface area contributed by atoms with Gasteiger partial charge in [-0.25, -0.2) is 0 Å². The summed E-state index contributed by atoms with van der Waals surface area (Å²) in [5.74, 6) is 0.842. The third-order valence-corrected chi connectivity index (χ3v) is 3.73. The van der Waals surface area contributed by atoms with E-state index >= 15 is 0 Å². The number of nitrogens with one attached hydrogen (secondary N) is 1. The summed E-state index contributed by atoms with van der Waals surface area (Å²) in [6.45, 7) is 2.15. The first kappa shape index (κ1) is 12.8. The van der Waals surface area contributed by atoms with Gasteiger partial charge in [0.25, 0.3) is 5.69 Å². The van der Waals surface area contributed by atoms with E-state index in [0.717, 1.165) is 18.0 Å². The molecule has 104 valence electrons.